The molecule has 0 fully saturated rings. The molecule has 1 aliphatic rings. The third kappa shape index (κ3) is 5.39. The molecular weight excluding hydrogens is 782 g/mol. The van der Waals surface area contributed by atoms with Gasteiger partial charge in [-0.2, -0.15) is 0 Å². The van der Waals surface area contributed by atoms with Crippen molar-refractivity contribution in [1.29, 1.82) is 0 Å². The van der Waals surface area contributed by atoms with Gasteiger partial charge in [0.25, 0.3) is 0 Å². The van der Waals surface area contributed by atoms with Crippen molar-refractivity contribution in [2.45, 2.75) is 12.8 Å². The maximum absolute atomic E-state index is 11.0. The van der Waals surface area contributed by atoms with Gasteiger partial charge in [0.2, 0.25) is 0 Å². The van der Waals surface area contributed by atoms with Gasteiger partial charge in [0.05, 0.1) is 28.5 Å². The van der Waals surface area contributed by atoms with Crippen LogP contribution in [0.1, 0.15) is 11.1 Å². The molecule has 1 N–H and O–H groups in total. The van der Waals surface area contributed by atoms with Gasteiger partial charge in [0.15, 0.2) is 0 Å². The smallest absolute Gasteiger partial charge is 0.0904 e. The van der Waals surface area contributed by atoms with E-state index in [0.29, 0.717) is 0 Å². The number of phenols is 1. The number of para-hydroxylation sites is 2. The van der Waals surface area contributed by atoms with Crippen LogP contribution in [0.15, 0.2) is 152 Å². The molecule has 6 aromatic carbocycles. The van der Waals surface area contributed by atoms with Crippen molar-refractivity contribution in [1.82, 2.24) is 14.5 Å². The second-order valence-corrected chi connectivity index (χ2v) is 12.2. The van der Waals surface area contributed by atoms with Gasteiger partial charge in [-0.3, -0.25) is 9.97 Å². The maximum Gasteiger partial charge on any atom is 0.0904 e. The minimum absolute atomic E-state index is 0. The van der Waals surface area contributed by atoms with Gasteiger partial charge in [-0.25, -0.2) is 0 Å². The van der Waals surface area contributed by atoms with Gasteiger partial charge in [-0.15, -0.1) is 29.3 Å². The number of rotatable bonds is 5. The van der Waals surface area contributed by atoms with Crippen LogP contribution < -0.4 is 0 Å². The van der Waals surface area contributed by atoms with Crippen LogP contribution in [-0.4, -0.2) is 19.6 Å². The molecule has 0 amide bonds. The van der Waals surface area contributed by atoms with Crippen LogP contribution in [0.25, 0.3) is 72.6 Å². The fraction of sp³-hybridized carbons (Fsp3) is 0.0455. The topological polar surface area (TPSA) is 50.9 Å². The van der Waals surface area contributed by atoms with Gasteiger partial charge < -0.3 is 9.67 Å². The van der Waals surface area contributed by atoms with E-state index in [4.69, 9.17) is 9.97 Å². The van der Waals surface area contributed by atoms with Crippen molar-refractivity contribution in [2.75, 3.05) is 0 Å². The molecule has 49 heavy (non-hydrogen) atoms. The zero-order valence-electron chi connectivity index (χ0n) is 26.5. The number of nitrogens with zero attached hydrogens (tertiary/aromatic N) is 3. The minimum atomic E-state index is 0. The van der Waals surface area contributed by atoms with Crippen molar-refractivity contribution >= 4 is 10.9 Å². The monoisotopic (exact) mass is 811 g/mol. The molecule has 0 unspecified atom stereocenters. The molecule has 0 aliphatic heterocycles. The molecule has 8 aromatic rings. The Labute approximate surface area is 299 Å². The molecular formula is C44H30N3OPt-. The third-order valence-electron chi connectivity index (χ3n) is 9.38. The molecule has 0 saturated heterocycles. The normalized spacial score (nSPS) is 11.8. The molecule has 2 aromatic heterocycles. The average Bonchev–Trinajstić information content (AvgIpc) is 3.60. The first-order chi connectivity index (χ1) is 23.7. The Morgan fingerprint density at radius 3 is 2.02 bits per heavy atom. The number of benzene rings is 6. The van der Waals surface area contributed by atoms with Crippen LogP contribution in [0.5, 0.6) is 5.75 Å². The number of aromatic hydroxyl groups is 1. The first kappa shape index (κ1) is 30.7. The van der Waals surface area contributed by atoms with E-state index in [9.17, 15) is 5.11 Å². The second kappa shape index (κ2) is 12.8. The van der Waals surface area contributed by atoms with Gasteiger partial charge in [-0.1, -0.05) is 133 Å². The Bertz CT molecular complexity index is 2410. The van der Waals surface area contributed by atoms with Gasteiger partial charge >= 0.3 is 0 Å². The number of hydrogen-bond acceptors (Lipinski definition) is 3. The summed E-state index contributed by atoms with van der Waals surface area (Å²) in [5.74, 6) is 1.05. The van der Waals surface area contributed by atoms with Crippen LogP contribution in [0.2, 0.25) is 0 Å². The number of aromatic nitrogens is 3. The predicted octanol–water partition coefficient (Wildman–Crippen LogP) is 10.4. The van der Waals surface area contributed by atoms with Crippen molar-refractivity contribution in [3.05, 3.63) is 169 Å². The number of hydrogen-bond donors (Lipinski definition) is 1. The third-order valence-corrected chi connectivity index (χ3v) is 9.38. The fourth-order valence-electron chi connectivity index (χ4n) is 7.12. The molecule has 0 saturated carbocycles. The van der Waals surface area contributed by atoms with Crippen molar-refractivity contribution in [3.8, 4) is 67.5 Å². The van der Waals surface area contributed by atoms with Crippen LogP contribution in [0.3, 0.4) is 0 Å². The molecule has 5 heteroatoms. The van der Waals surface area contributed by atoms with E-state index < -0.39 is 0 Å². The molecule has 9 rings (SSSR count). The Morgan fingerprint density at radius 1 is 0.612 bits per heavy atom. The summed E-state index contributed by atoms with van der Waals surface area (Å²) < 4.78 is 2.23. The minimum Gasteiger partial charge on any atom is -0.515 e. The van der Waals surface area contributed by atoms with Gasteiger partial charge in [0, 0.05) is 55.5 Å². The van der Waals surface area contributed by atoms with Gasteiger partial charge in [-0.05, 0) is 35.2 Å². The molecule has 0 bridgehead atoms. The van der Waals surface area contributed by atoms with E-state index in [-0.39, 0.29) is 26.8 Å². The molecule has 0 atom stereocenters. The first-order valence-corrected chi connectivity index (χ1v) is 16.3. The summed E-state index contributed by atoms with van der Waals surface area (Å²) in [6, 6.07) is 51.7. The number of aryl methyl sites for hydroxylation is 2. The number of pyridine rings is 1. The van der Waals surface area contributed by atoms with E-state index in [0.717, 1.165) is 91.0 Å². The standard InChI is InChI=1S/C44H30N3O.Pt/c48-40-21-8-15-32-24-22-31-23-25-34(27-38(31)41(32)40)44-46-39(37-20-7-16-33-17-10-26-45-42(33)37)28-47(44)43-35(29-11-3-1-4-12-29)18-9-19-36(43)30-13-5-2-6-14-30;/h1-21,23,25-26,28,48H,22,24H2;/q-1;. The number of fused-ring (bicyclic) bond motifs is 4. The van der Waals surface area contributed by atoms with Crippen molar-refractivity contribution < 1.29 is 26.2 Å². The SMILES string of the molecule is Oc1cccc2c1-c1[c-]c(-c3nc(-c4cccc5cccnc45)cn3-c3c(-c4ccccc4)cccc3-c3ccccc3)ccc1CC2.[Pt]. The largest absolute Gasteiger partial charge is 0.515 e. The maximum atomic E-state index is 11.0. The average molecular weight is 812 g/mol. The summed E-state index contributed by atoms with van der Waals surface area (Å²) >= 11 is 0. The van der Waals surface area contributed by atoms with Crippen LogP contribution in [0.4, 0.5) is 0 Å². The molecule has 4 nitrogen and oxygen atoms in total. The molecule has 1 aliphatic carbocycles. The summed E-state index contributed by atoms with van der Waals surface area (Å²) in [6.07, 6.45) is 5.77. The van der Waals surface area contributed by atoms with Crippen molar-refractivity contribution in [3.63, 3.8) is 0 Å². The Morgan fingerprint density at radius 2 is 1.27 bits per heavy atom. The number of phenolic OH excluding ortho intramolecular Hbond substituents is 1. The fourth-order valence-corrected chi connectivity index (χ4v) is 7.12. The molecule has 0 spiro atoms. The van der Waals surface area contributed by atoms with E-state index in [1.54, 1.807) is 6.07 Å². The molecule has 2 heterocycles. The molecule has 238 valence electrons. The summed E-state index contributed by atoms with van der Waals surface area (Å²) in [5.41, 5.74) is 13.1. The summed E-state index contributed by atoms with van der Waals surface area (Å²) in [5, 5.41) is 12.1. The van der Waals surface area contributed by atoms with Crippen molar-refractivity contribution in [2.24, 2.45) is 0 Å². The Hall–Kier alpha value is -5.57. The van der Waals surface area contributed by atoms with E-state index >= 15 is 0 Å². The van der Waals surface area contributed by atoms with Crippen LogP contribution in [0, 0.1) is 6.07 Å². The summed E-state index contributed by atoms with van der Waals surface area (Å²) in [6.45, 7) is 0. The van der Waals surface area contributed by atoms with E-state index in [1.807, 2.05) is 30.5 Å². The zero-order valence-corrected chi connectivity index (χ0v) is 28.7. The van der Waals surface area contributed by atoms with E-state index in [1.165, 1.54) is 5.56 Å². The van der Waals surface area contributed by atoms with Gasteiger partial charge in [0.1, 0.15) is 0 Å². The zero-order chi connectivity index (χ0) is 32.0. The predicted molar refractivity (Wildman–Crippen MR) is 194 cm³/mol. The second-order valence-electron chi connectivity index (χ2n) is 12.2. The quantitative estimate of drug-likeness (QED) is 0.176. The summed E-state index contributed by atoms with van der Waals surface area (Å²) in [7, 11) is 0. The first-order valence-electron chi connectivity index (χ1n) is 16.3. The van der Waals surface area contributed by atoms with Crippen LogP contribution >= 0.6 is 0 Å². The van der Waals surface area contributed by atoms with Crippen LogP contribution in [-0.2, 0) is 33.9 Å². The number of imidazole rings is 1. The Kier molecular flexibility index (Phi) is 8.03. The Balaban J connectivity index is 0.00000348. The summed E-state index contributed by atoms with van der Waals surface area (Å²) in [4.78, 5) is 10.2. The molecule has 0 radical (unpaired) electrons. The van der Waals surface area contributed by atoms with E-state index in [2.05, 4.69) is 126 Å².